The third-order valence-electron chi connectivity index (χ3n) is 4.30. The van der Waals surface area contributed by atoms with Crippen molar-refractivity contribution in [2.24, 2.45) is 5.41 Å². The van der Waals surface area contributed by atoms with Crippen LogP contribution in [0.2, 0.25) is 0 Å². The normalized spacial score (nSPS) is 12.2. The van der Waals surface area contributed by atoms with Gasteiger partial charge >= 0.3 is 6.09 Å². The van der Waals surface area contributed by atoms with Gasteiger partial charge in [-0.15, -0.1) is 0 Å². The molecule has 1 aromatic carbocycles. The summed E-state index contributed by atoms with van der Waals surface area (Å²) >= 11 is 0. The highest BCUT2D eigenvalue weighted by molar-refractivity contribution is 6.00. The first kappa shape index (κ1) is 25.2. The molecule has 7 nitrogen and oxygen atoms in total. The molecular formula is C23H35N3O4. The molecule has 0 saturated carbocycles. The summed E-state index contributed by atoms with van der Waals surface area (Å²) in [4.78, 5) is 36.0. The minimum atomic E-state index is -0.582. The molecule has 0 aliphatic rings. The molecule has 3 amide bonds. The van der Waals surface area contributed by atoms with E-state index < -0.39 is 11.7 Å². The Labute approximate surface area is 179 Å². The summed E-state index contributed by atoms with van der Waals surface area (Å²) in [6.45, 7) is 13.8. The van der Waals surface area contributed by atoms with Gasteiger partial charge in [0.05, 0.1) is 0 Å². The predicted octanol–water partition coefficient (Wildman–Crippen LogP) is 4.15. The average Bonchev–Trinajstić information content (AvgIpc) is 2.58. The largest absolute Gasteiger partial charge is 0.444 e. The van der Waals surface area contributed by atoms with Gasteiger partial charge in [-0.05, 0) is 44.7 Å². The molecule has 0 aliphatic heterocycles. The van der Waals surface area contributed by atoms with Gasteiger partial charge in [-0.25, -0.2) is 4.79 Å². The third-order valence-corrected chi connectivity index (χ3v) is 4.30. The van der Waals surface area contributed by atoms with Crippen LogP contribution in [-0.4, -0.2) is 30.1 Å². The Kier molecular flexibility index (Phi) is 9.08. The van der Waals surface area contributed by atoms with Crippen LogP contribution >= 0.6 is 0 Å². The van der Waals surface area contributed by atoms with Crippen molar-refractivity contribution in [2.75, 3.05) is 11.9 Å². The second-order valence-electron chi connectivity index (χ2n) is 9.18. The molecule has 0 radical (unpaired) electrons. The number of hydrogen-bond acceptors (Lipinski definition) is 4. The van der Waals surface area contributed by atoms with E-state index in [2.05, 4.69) is 16.0 Å². The summed E-state index contributed by atoms with van der Waals surface area (Å²) < 4.78 is 5.12. The molecule has 0 aromatic heterocycles. The van der Waals surface area contributed by atoms with Crippen molar-refractivity contribution in [3.63, 3.8) is 0 Å². The second-order valence-corrected chi connectivity index (χ2v) is 9.18. The van der Waals surface area contributed by atoms with Crippen molar-refractivity contribution in [3.8, 4) is 0 Å². The van der Waals surface area contributed by atoms with Gasteiger partial charge in [0.1, 0.15) is 5.60 Å². The number of anilines is 1. The Balaban J connectivity index is 2.56. The minimum absolute atomic E-state index is 0.0851. The van der Waals surface area contributed by atoms with Crippen molar-refractivity contribution in [1.82, 2.24) is 10.6 Å². The molecule has 0 atom stereocenters. The van der Waals surface area contributed by atoms with Crippen LogP contribution in [0.5, 0.6) is 0 Å². The summed E-state index contributed by atoms with van der Waals surface area (Å²) in [5.41, 5.74) is 1.75. The Morgan fingerprint density at radius 3 is 2.23 bits per heavy atom. The van der Waals surface area contributed by atoms with Gasteiger partial charge in [0.2, 0.25) is 11.8 Å². The first-order valence-corrected chi connectivity index (χ1v) is 10.1. The molecule has 0 aliphatic carbocycles. The monoisotopic (exact) mass is 417 g/mol. The molecule has 0 spiro atoms. The molecule has 166 valence electrons. The number of carbonyl (C=O) groups excluding carboxylic acids is 3. The average molecular weight is 418 g/mol. The molecule has 30 heavy (non-hydrogen) atoms. The van der Waals surface area contributed by atoms with E-state index in [1.807, 2.05) is 45.9 Å². The van der Waals surface area contributed by atoms with Crippen molar-refractivity contribution >= 4 is 23.6 Å². The fourth-order valence-corrected chi connectivity index (χ4v) is 2.25. The molecule has 0 bridgehead atoms. The number of benzene rings is 1. The van der Waals surface area contributed by atoms with Crippen LogP contribution in [0.3, 0.4) is 0 Å². The SMILES string of the molecule is C/C(=C\C(=O)Nc1ccccc1CNC(=O)CCNC(=O)OC(C)(C)C)C(C)(C)C. The minimum Gasteiger partial charge on any atom is -0.444 e. The number of amides is 3. The van der Waals surface area contributed by atoms with E-state index in [1.165, 1.54) is 0 Å². The van der Waals surface area contributed by atoms with Gasteiger partial charge in [0.25, 0.3) is 0 Å². The number of rotatable bonds is 7. The summed E-state index contributed by atoms with van der Waals surface area (Å²) in [6.07, 6.45) is 1.17. The second kappa shape index (κ2) is 10.8. The summed E-state index contributed by atoms with van der Waals surface area (Å²) in [7, 11) is 0. The number of hydrogen-bond donors (Lipinski definition) is 3. The highest BCUT2D eigenvalue weighted by Gasteiger charge is 2.16. The van der Waals surface area contributed by atoms with Crippen molar-refractivity contribution < 1.29 is 19.1 Å². The lowest BCUT2D eigenvalue weighted by molar-refractivity contribution is -0.121. The van der Waals surface area contributed by atoms with Gasteiger partial charge in [0, 0.05) is 31.3 Å². The number of carbonyl (C=O) groups is 3. The number of alkyl carbamates (subject to hydrolysis) is 1. The van der Waals surface area contributed by atoms with Gasteiger partial charge in [-0.3, -0.25) is 9.59 Å². The lowest BCUT2D eigenvalue weighted by Crippen LogP contribution is -2.35. The molecule has 0 unspecified atom stereocenters. The highest BCUT2D eigenvalue weighted by atomic mass is 16.6. The van der Waals surface area contributed by atoms with Crippen LogP contribution in [0, 0.1) is 5.41 Å². The smallest absolute Gasteiger partial charge is 0.407 e. The van der Waals surface area contributed by atoms with E-state index in [0.29, 0.717) is 5.69 Å². The molecular weight excluding hydrogens is 382 g/mol. The van der Waals surface area contributed by atoms with Crippen LogP contribution < -0.4 is 16.0 Å². The van der Waals surface area contributed by atoms with Gasteiger partial charge in [-0.1, -0.05) is 44.5 Å². The predicted molar refractivity (Wildman–Crippen MR) is 119 cm³/mol. The summed E-state index contributed by atoms with van der Waals surface area (Å²) in [5.74, 6) is -0.418. The first-order chi connectivity index (χ1) is 13.8. The zero-order chi connectivity index (χ0) is 22.9. The fraction of sp³-hybridized carbons (Fsp3) is 0.522. The quantitative estimate of drug-likeness (QED) is 0.581. The molecule has 1 rings (SSSR count). The van der Waals surface area contributed by atoms with Gasteiger partial charge in [-0.2, -0.15) is 0 Å². The lowest BCUT2D eigenvalue weighted by Gasteiger charge is -2.19. The summed E-state index contributed by atoms with van der Waals surface area (Å²) in [5, 5.41) is 8.23. The lowest BCUT2D eigenvalue weighted by atomic mass is 9.87. The van der Waals surface area contributed by atoms with Crippen molar-refractivity contribution in [1.29, 1.82) is 0 Å². The maximum Gasteiger partial charge on any atom is 0.407 e. The van der Waals surface area contributed by atoms with Crippen LogP contribution in [0.25, 0.3) is 0 Å². The molecule has 3 N–H and O–H groups in total. The van der Waals surface area contributed by atoms with E-state index in [-0.39, 0.29) is 36.7 Å². The third kappa shape index (κ3) is 10.1. The number of nitrogens with one attached hydrogen (secondary N) is 3. The van der Waals surface area contributed by atoms with Gasteiger partial charge < -0.3 is 20.7 Å². The standard InChI is InChI=1S/C23H35N3O4/c1-16(22(2,3)4)14-20(28)26-18-11-9-8-10-17(18)15-25-19(27)12-13-24-21(29)30-23(5,6)7/h8-11,14H,12-13,15H2,1-7H3,(H,24,29)(H,25,27)(H,26,28)/b16-14+. The van der Waals surface area contributed by atoms with Crippen LogP contribution in [-0.2, 0) is 20.9 Å². The zero-order valence-electron chi connectivity index (χ0n) is 19.1. The Morgan fingerprint density at radius 1 is 1.00 bits per heavy atom. The molecule has 7 heteroatoms. The van der Waals surface area contributed by atoms with Crippen LogP contribution in [0.4, 0.5) is 10.5 Å². The number of ether oxygens (including phenoxy) is 1. The van der Waals surface area contributed by atoms with E-state index >= 15 is 0 Å². The number of para-hydroxylation sites is 1. The zero-order valence-corrected chi connectivity index (χ0v) is 19.1. The van der Waals surface area contributed by atoms with Crippen molar-refractivity contribution in [2.45, 2.75) is 67.0 Å². The van der Waals surface area contributed by atoms with Gasteiger partial charge in [0.15, 0.2) is 0 Å². The Bertz CT molecular complexity index is 786. The van der Waals surface area contributed by atoms with Crippen molar-refractivity contribution in [3.05, 3.63) is 41.5 Å². The Hall–Kier alpha value is -2.83. The van der Waals surface area contributed by atoms with E-state index in [9.17, 15) is 14.4 Å². The van der Waals surface area contributed by atoms with Crippen LogP contribution in [0.15, 0.2) is 35.9 Å². The molecule has 0 heterocycles. The molecule has 0 fully saturated rings. The maximum atomic E-state index is 12.3. The number of allylic oxidation sites excluding steroid dienone is 1. The first-order valence-electron chi connectivity index (χ1n) is 10.1. The fourth-order valence-electron chi connectivity index (χ4n) is 2.25. The van der Waals surface area contributed by atoms with Crippen LogP contribution in [0.1, 0.15) is 60.5 Å². The van der Waals surface area contributed by atoms with E-state index in [4.69, 9.17) is 4.74 Å². The topological polar surface area (TPSA) is 96.5 Å². The van der Waals surface area contributed by atoms with E-state index in [0.717, 1.165) is 11.1 Å². The highest BCUT2D eigenvalue weighted by Crippen LogP contribution is 2.24. The Morgan fingerprint density at radius 2 is 1.63 bits per heavy atom. The molecule has 1 aromatic rings. The molecule has 0 saturated heterocycles. The van der Waals surface area contributed by atoms with E-state index in [1.54, 1.807) is 32.9 Å². The maximum absolute atomic E-state index is 12.3. The summed E-state index contributed by atoms with van der Waals surface area (Å²) in [6, 6.07) is 7.31.